The number of fused-ring (bicyclic) bond motifs is 1. The van der Waals surface area contributed by atoms with E-state index < -0.39 is 11.9 Å². The average molecular weight is 529 g/mol. The lowest BCUT2D eigenvalue weighted by Gasteiger charge is -2.07. The molecule has 0 heterocycles. The maximum Gasteiger partial charge on any atom is 0.336 e. The van der Waals surface area contributed by atoms with E-state index in [0.717, 1.165) is 20.8 Å². The van der Waals surface area contributed by atoms with Gasteiger partial charge in [-0.1, -0.05) is 76.6 Å². The van der Waals surface area contributed by atoms with Gasteiger partial charge in [0.2, 0.25) is 0 Å². The zero-order chi connectivity index (χ0) is 24.5. The SMILES string of the molecule is O=C(COc1ccc2ccccc2c1)NN=Cc1cc(Br)ccc1OC(=O)C=Cc1ccccc1. The van der Waals surface area contributed by atoms with Gasteiger partial charge >= 0.3 is 5.97 Å². The first kappa shape index (κ1) is 23.9. The molecular formula is C28H21BrN2O4. The number of hydrogen-bond acceptors (Lipinski definition) is 5. The van der Waals surface area contributed by atoms with Crippen molar-refractivity contribution >= 4 is 50.9 Å². The van der Waals surface area contributed by atoms with Crippen molar-refractivity contribution in [1.29, 1.82) is 0 Å². The molecule has 7 heteroatoms. The van der Waals surface area contributed by atoms with Crippen LogP contribution in [-0.2, 0) is 9.59 Å². The van der Waals surface area contributed by atoms with Crippen LogP contribution < -0.4 is 14.9 Å². The molecule has 4 aromatic rings. The highest BCUT2D eigenvalue weighted by Gasteiger charge is 2.08. The lowest BCUT2D eigenvalue weighted by Crippen LogP contribution is -2.24. The number of halogens is 1. The van der Waals surface area contributed by atoms with Crippen LogP contribution in [0.1, 0.15) is 11.1 Å². The van der Waals surface area contributed by atoms with Gasteiger partial charge in [0, 0.05) is 16.1 Å². The highest BCUT2D eigenvalue weighted by Crippen LogP contribution is 2.22. The molecule has 0 aliphatic heterocycles. The van der Waals surface area contributed by atoms with Crippen LogP contribution in [0, 0.1) is 0 Å². The summed E-state index contributed by atoms with van der Waals surface area (Å²) in [4.78, 5) is 24.4. The molecule has 6 nitrogen and oxygen atoms in total. The third-order valence-electron chi connectivity index (χ3n) is 4.88. The summed E-state index contributed by atoms with van der Waals surface area (Å²) in [7, 11) is 0. The monoisotopic (exact) mass is 528 g/mol. The van der Waals surface area contributed by atoms with Crippen molar-refractivity contribution in [2.24, 2.45) is 5.10 Å². The van der Waals surface area contributed by atoms with E-state index in [4.69, 9.17) is 9.47 Å². The normalized spacial score (nSPS) is 11.1. The summed E-state index contributed by atoms with van der Waals surface area (Å²) >= 11 is 3.39. The minimum Gasteiger partial charge on any atom is -0.484 e. The van der Waals surface area contributed by atoms with E-state index in [9.17, 15) is 9.59 Å². The van der Waals surface area contributed by atoms with Crippen LogP contribution >= 0.6 is 15.9 Å². The van der Waals surface area contributed by atoms with Gasteiger partial charge in [-0.2, -0.15) is 5.10 Å². The summed E-state index contributed by atoms with van der Waals surface area (Å²) in [6, 6.07) is 28.1. The average Bonchev–Trinajstić information content (AvgIpc) is 2.88. The van der Waals surface area contributed by atoms with E-state index in [2.05, 4.69) is 26.5 Å². The molecule has 35 heavy (non-hydrogen) atoms. The lowest BCUT2D eigenvalue weighted by molar-refractivity contribution is -0.129. The van der Waals surface area contributed by atoms with Crippen molar-refractivity contribution in [3.05, 3.63) is 113 Å². The Morgan fingerprint density at radius 2 is 1.66 bits per heavy atom. The van der Waals surface area contributed by atoms with Gasteiger partial charge in [0.15, 0.2) is 6.61 Å². The van der Waals surface area contributed by atoms with Gasteiger partial charge in [0.1, 0.15) is 11.5 Å². The second kappa shape index (κ2) is 11.8. The molecule has 0 aromatic heterocycles. The van der Waals surface area contributed by atoms with Crippen molar-refractivity contribution in [3.8, 4) is 11.5 Å². The Kier molecular flexibility index (Phi) is 8.04. The number of benzene rings is 4. The first-order valence-electron chi connectivity index (χ1n) is 10.7. The Labute approximate surface area is 211 Å². The minimum absolute atomic E-state index is 0.194. The summed E-state index contributed by atoms with van der Waals surface area (Å²) in [6.07, 6.45) is 4.43. The molecule has 0 aliphatic carbocycles. The van der Waals surface area contributed by atoms with E-state index in [1.807, 2.05) is 72.8 Å². The molecule has 0 radical (unpaired) electrons. The predicted molar refractivity (Wildman–Crippen MR) is 140 cm³/mol. The van der Waals surface area contributed by atoms with E-state index in [-0.39, 0.29) is 6.61 Å². The van der Waals surface area contributed by atoms with E-state index in [0.29, 0.717) is 17.1 Å². The topological polar surface area (TPSA) is 77.0 Å². The van der Waals surface area contributed by atoms with Crippen molar-refractivity contribution in [2.45, 2.75) is 0 Å². The fourth-order valence-corrected chi connectivity index (χ4v) is 3.57. The minimum atomic E-state index is -0.529. The number of esters is 1. The van der Waals surface area contributed by atoms with Gasteiger partial charge in [-0.05, 0) is 52.7 Å². The molecule has 4 aromatic carbocycles. The third kappa shape index (κ3) is 7.12. The second-order valence-electron chi connectivity index (χ2n) is 7.44. The van der Waals surface area contributed by atoms with Gasteiger partial charge in [0.25, 0.3) is 5.91 Å². The fourth-order valence-electron chi connectivity index (χ4n) is 3.20. The zero-order valence-electron chi connectivity index (χ0n) is 18.6. The standard InChI is InChI=1S/C28H21BrN2O4/c29-24-12-14-26(35-28(33)15-10-20-6-2-1-3-7-20)23(16-24)18-30-31-27(32)19-34-25-13-11-21-8-4-5-9-22(21)17-25/h1-18H,19H2,(H,31,32). The molecule has 4 rings (SSSR count). The van der Waals surface area contributed by atoms with Crippen LogP contribution in [0.25, 0.3) is 16.8 Å². The summed E-state index contributed by atoms with van der Waals surface area (Å²) in [5.74, 6) is -0.0544. The van der Waals surface area contributed by atoms with Crippen LogP contribution in [-0.4, -0.2) is 24.7 Å². The van der Waals surface area contributed by atoms with Crippen molar-refractivity contribution in [3.63, 3.8) is 0 Å². The third-order valence-corrected chi connectivity index (χ3v) is 5.37. The number of rotatable bonds is 8. The largest absolute Gasteiger partial charge is 0.484 e. The molecule has 0 saturated carbocycles. The smallest absolute Gasteiger partial charge is 0.336 e. The lowest BCUT2D eigenvalue weighted by atomic mass is 10.1. The van der Waals surface area contributed by atoms with Crippen molar-refractivity contribution < 1.29 is 19.1 Å². The maximum absolute atomic E-state index is 12.3. The molecule has 0 bridgehead atoms. The molecule has 0 saturated heterocycles. The van der Waals surface area contributed by atoms with Gasteiger partial charge < -0.3 is 9.47 Å². The summed E-state index contributed by atoms with van der Waals surface area (Å²) < 4.78 is 11.8. The number of carbonyl (C=O) groups excluding carboxylic acids is 2. The van der Waals surface area contributed by atoms with Crippen LogP contribution in [0.4, 0.5) is 0 Å². The van der Waals surface area contributed by atoms with Crippen molar-refractivity contribution in [2.75, 3.05) is 6.61 Å². The fraction of sp³-hybridized carbons (Fsp3) is 0.0357. The summed E-state index contributed by atoms with van der Waals surface area (Å²) in [5, 5.41) is 6.09. The first-order chi connectivity index (χ1) is 17.1. The van der Waals surface area contributed by atoms with Gasteiger partial charge in [0.05, 0.1) is 6.21 Å². The van der Waals surface area contributed by atoms with Gasteiger partial charge in [-0.3, -0.25) is 4.79 Å². The van der Waals surface area contributed by atoms with Gasteiger partial charge in [-0.15, -0.1) is 0 Å². The number of nitrogens with one attached hydrogen (secondary N) is 1. The van der Waals surface area contributed by atoms with Crippen molar-refractivity contribution in [1.82, 2.24) is 5.43 Å². The predicted octanol–water partition coefficient (Wildman–Crippen LogP) is 5.75. The van der Waals surface area contributed by atoms with Crippen LogP contribution in [0.3, 0.4) is 0 Å². The summed E-state index contributed by atoms with van der Waals surface area (Å²) in [5.41, 5.74) is 3.82. The maximum atomic E-state index is 12.3. The first-order valence-corrected chi connectivity index (χ1v) is 11.5. The molecule has 0 fully saturated rings. The van der Waals surface area contributed by atoms with E-state index in [1.165, 1.54) is 12.3 Å². The van der Waals surface area contributed by atoms with Crippen LogP contribution in [0.15, 0.2) is 107 Å². The number of hydrogen-bond donors (Lipinski definition) is 1. The Bertz CT molecular complexity index is 1400. The molecular weight excluding hydrogens is 508 g/mol. The number of hydrazone groups is 1. The van der Waals surface area contributed by atoms with E-state index in [1.54, 1.807) is 24.3 Å². The van der Waals surface area contributed by atoms with Gasteiger partial charge in [-0.25, -0.2) is 10.2 Å². The molecule has 174 valence electrons. The van der Waals surface area contributed by atoms with E-state index >= 15 is 0 Å². The molecule has 0 unspecified atom stereocenters. The van der Waals surface area contributed by atoms with Crippen LogP contribution in [0.5, 0.6) is 11.5 Å². The molecule has 0 atom stereocenters. The Morgan fingerprint density at radius 1 is 0.886 bits per heavy atom. The summed E-state index contributed by atoms with van der Waals surface area (Å²) in [6.45, 7) is -0.194. The number of carbonyl (C=O) groups is 2. The number of amides is 1. The molecule has 0 aliphatic rings. The number of nitrogens with zero attached hydrogens (tertiary/aromatic N) is 1. The number of ether oxygens (including phenoxy) is 2. The molecule has 0 spiro atoms. The Hall–Kier alpha value is -4.23. The van der Waals surface area contributed by atoms with Crippen LogP contribution in [0.2, 0.25) is 0 Å². The Morgan fingerprint density at radius 3 is 2.49 bits per heavy atom. The second-order valence-corrected chi connectivity index (χ2v) is 8.35. The highest BCUT2D eigenvalue weighted by atomic mass is 79.9. The Balaban J connectivity index is 1.33. The quantitative estimate of drug-likeness (QED) is 0.104. The highest BCUT2D eigenvalue weighted by molar-refractivity contribution is 9.10. The zero-order valence-corrected chi connectivity index (χ0v) is 20.1. The molecule has 1 amide bonds. The molecule has 1 N–H and O–H groups in total.